The molecule has 0 aliphatic heterocycles. The molecular formula is C33H31F3N2O5. The van der Waals surface area contributed by atoms with Crippen molar-refractivity contribution in [2.45, 2.75) is 45.3 Å². The molecule has 0 amide bonds. The number of hydrogen-bond donors (Lipinski definition) is 2. The van der Waals surface area contributed by atoms with E-state index < -0.39 is 23.8 Å². The van der Waals surface area contributed by atoms with Crippen molar-refractivity contribution in [1.82, 2.24) is 10.3 Å². The number of ketones is 1. The molecule has 1 aromatic heterocycles. The van der Waals surface area contributed by atoms with Crippen molar-refractivity contribution in [1.29, 1.82) is 0 Å². The molecule has 7 nitrogen and oxygen atoms in total. The first kappa shape index (κ1) is 31.1. The monoisotopic (exact) mass is 592 g/mol. The summed E-state index contributed by atoms with van der Waals surface area (Å²) in [4.78, 5) is 28.9. The van der Waals surface area contributed by atoms with Crippen molar-refractivity contribution >= 4 is 11.8 Å². The molecule has 2 N–H and O–H groups in total. The lowest BCUT2D eigenvalue weighted by Crippen LogP contribution is -2.38. The number of carboxylic acid groups (broad SMARTS) is 1. The molecule has 1 heterocycles. The van der Waals surface area contributed by atoms with E-state index in [2.05, 4.69) is 10.3 Å². The fourth-order valence-electron chi connectivity index (χ4n) is 4.32. The third-order valence-electron chi connectivity index (χ3n) is 6.72. The Morgan fingerprint density at radius 1 is 1.02 bits per heavy atom. The number of carbonyl (C=O) groups excluding carboxylic acids is 1. The number of rotatable bonds is 13. The van der Waals surface area contributed by atoms with Crippen LogP contribution in [0.4, 0.5) is 13.2 Å². The lowest BCUT2D eigenvalue weighted by atomic mass is 10.0. The normalized spacial score (nSPS) is 12.5. The van der Waals surface area contributed by atoms with Gasteiger partial charge in [-0.25, -0.2) is 9.78 Å². The molecule has 43 heavy (non-hydrogen) atoms. The Kier molecular flexibility index (Phi) is 10.0. The summed E-state index contributed by atoms with van der Waals surface area (Å²) in [5.74, 6) is 0.123. The van der Waals surface area contributed by atoms with Gasteiger partial charge in [-0.2, -0.15) is 13.2 Å². The second kappa shape index (κ2) is 13.9. The number of halogens is 3. The first-order valence-electron chi connectivity index (χ1n) is 13.7. The van der Waals surface area contributed by atoms with Crippen LogP contribution >= 0.6 is 0 Å². The van der Waals surface area contributed by atoms with Gasteiger partial charge >= 0.3 is 12.1 Å². The number of carboxylic acids is 1. The average Bonchev–Trinajstić information content (AvgIpc) is 3.37. The van der Waals surface area contributed by atoms with E-state index in [-0.39, 0.29) is 24.7 Å². The summed E-state index contributed by atoms with van der Waals surface area (Å²) in [5, 5.41) is 12.8. The van der Waals surface area contributed by atoms with Crippen molar-refractivity contribution < 1.29 is 37.0 Å². The summed E-state index contributed by atoms with van der Waals surface area (Å²) in [6.45, 7) is 3.85. The zero-order valence-electron chi connectivity index (χ0n) is 23.6. The molecule has 3 aromatic carbocycles. The maximum absolute atomic E-state index is 12.8. The Bertz CT molecular complexity index is 1560. The Morgan fingerprint density at radius 3 is 2.30 bits per heavy atom. The molecule has 0 radical (unpaired) electrons. The van der Waals surface area contributed by atoms with Crippen LogP contribution in [-0.2, 0) is 23.8 Å². The smallest absolute Gasteiger partial charge is 0.416 e. The largest absolute Gasteiger partial charge is 0.493 e. The zero-order valence-corrected chi connectivity index (χ0v) is 23.6. The van der Waals surface area contributed by atoms with Gasteiger partial charge in [0.2, 0.25) is 5.89 Å². The SMILES string of the molecule is CC/C(=C/C(=O)c1ccccc1)N[C@@H](Cc1ccc(OCCc2nc(-c3ccc(C(F)(F)F)cc3)oc2C)cc1)C(=O)O. The highest BCUT2D eigenvalue weighted by Gasteiger charge is 2.30. The number of oxazole rings is 1. The molecule has 4 rings (SSSR count). The molecule has 4 aromatic rings. The van der Waals surface area contributed by atoms with Crippen LogP contribution in [0.15, 0.2) is 95.1 Å². The Morgan fingerprint density at radius 2 is 1.70 bits per heavy atom. The van der Waals surface area contributed by atoms with Gasteiger partial charge in [-0.05, 0) is 55.3 Å². The number of aliphatic carboxylic acids is 1. The van der Waals surface area contributed by atoms with Crippen molar-refractivity contribution in [3.63, 3.8) is 0 Å². The van der Waals surface area contributed by atoms with Crippen LogP contribution in [0, 0.1) is 6.92 Å². The van der Waals surface area contributed by atoms with Crippen LogP contribution in [-0.4, -0.2) is 34.5 Å². The summed E-state index contributed by atoms with van der Waals surface area (Å²) in [6, 6.07) is 19.5. The molecule has 0 saturated heterocycles. The first-order valence-corrected chi connectivity index (χ1v) is 13.7. The summed E-state index contributed by atoms with van der Waals surface area (Å²) < 4.78 is 50.0. The third-order valence-corrected chi connectivity index (χ3v) is 6.72. The number of allylic oxidation sites excluding steroid dienone is 2. The predicted octanol–water partition coefficient (Wildman–Crippen LogP) is 7.05. The van der Waals surface area contributed by atoms with Crippen LogP contribution in [0.5, 0.6) is 5.75 Å². The number of hydrogen-bond acceptors (Lipinski definition) is 6. The fourth-order valence-corrected chi connectivity index (χ4v) is 4.32. The van der Waals surface area contributed by atoms with E-state index in [1.165, 1.54) is 18.2 Å². The predicted molar refractivity (Wildman–Crippen MR) is 155 cm³/mol. The average molecular weight is 593 g/mol. The molecule has 0 spiro atoms. The minimum absolute atomic E-state index is 0.192. The van der Waals surface area contributed by atoms with E-state index in [9.17, 15) is 27.9 Å². The maximum atomic E-state index is 12.8. The van der Waals surface area contributed by atoms with E-state index in [1.807, 2.05) is 13.0 Å². The van der Waals surface area contributed by atoms with Gasteiger partial charge in [0, 0.05) is 35.7 Å². The number of carbonyl (C=O) groups is 2. The number of benzene rings is 3. The van der Waals surface area contributed by atoms with Crippen LogP contribution in [0.3, 0.4) is 0 Å². The van der Waals surface area contributed by atoms with Crippen LogP contribution in [0.1, 0.15) is 46.3 Å². The van der Waals surface area contributed by atoms with Crippen LogP contribution < -0.4 is 10.1 Å². The topological polar surface area (TPSA) is 102 Å². The molecule has 0 fully saturated rings. The van der Waals surface area contributed by atoms with Crippen LogP contribution in [0.25, 0.3) is 11.5 Å². The first-order chi connectivity index (χ1) is 20.5. The second-order valence-corrected chi connectivity index (χ2v) is 9.83. The molecule has 0 unspecified atom stereocenters. The van der Waals surface area contributed by atoms with Gasteiger partial charge in [0.25, 0.3) is 0 Å². The molecule has 0 aliphatic carbocycles. The van der Waals surface area contributed by atoms with E-state index in [0.717, 1.165) is 17.7 Å². The Labute approximate surface area is 247 Å². The minimum atomic E-state index is -4.42. The van der Waals surface area contributed by atoms with Crippen molar-refractivity contribution in [3.8, 4) is 17.2 Å². The Balaban J connectivity index is 1.32. The summed E-state index contributed by atoms with van der Waals surface area (Å²) in [5.41, 5.74) is 2.16. The van der Waals surface area contributed by atoms with E-state index in [1.54, 1.807) is 55.5 Å². The van der Waals surface area contributed by atoms with Crippen molar-refractivity contribution in [2.24, 2.45) is 0 Å². The second-order valence-electron chi connectivity index (χ2n) is 9.83. The molecule has 0 saturated carbocycles. The number of aromatic nitrogens is 1. The van der Waals surface area contributed by atoms with Gasteiger partial charge in [0.1, 0.15) is 17.6 Å². The highest BCUT2D eigenvalue weighted by Crippen LogP contribution is 2.31. The molecule has 224 valence electrons. The molecule has 10 heteroatoms. The number of nitrogens with zero attached hydrogens (tertiary/aromatic N) is 1. The minimum Gasteiger partial charge on any atom is -0.493 e. The standard InChI is InChI=1S/C33H31F3N2O5/c1-3-26(20-30(39)23-7-5-4-6-8-23)37-29(32(40)41)19-22-9-15-27(16-10-22)42-18-17-28-21(2)43-31(38-28)24-11-13-25(14-12-24)33(34,35)36/h4-16,20,29,37H,3,17-19H2,1-2H3,(H,40,41)/b26-20-/t29-/m0/s1. The number of alkyl halides is 3. The lowest BCUT2D eigenvalue weighted by molar-refractivity contribution is -0.139. The molecule has 1 atom stereocenters. The number of aryl methyl sites for hydroxylation is 1. The van der Waals surface area contributed by atoms with Crippen molar-refractivity contribution in [3.05, 3.63) is 119 Å². The highest BCUT2D eigenvalue weighted by atomic mass is 19.4. The van der Waals surface area contributed by atoms with Gasteiger partial charge in [-0.3, -0.25) is 4.79 Å². The summed E-state index contributed by atoms with van der Waals surface area (Å²) in [6.07, 6.45) is -1.91. The van der Waals surface area contributed by atoms with Crippen LogP contribution in [0.2, 0.25) is 0 Å². The van der Waals surface area contributed by atoms with Crippen molar-refractivity contribution in [2.75, 3.05) is 6.61 Å². The molecule has 0 bridgehead atoms. The van der Waals surface area contributed by atoms with Gasteiger partial charge in [0.15, 0.2) is 5.78 Å². The van der Waals surface area contributed by atoms with E-state index in [4.69, 9.17) is 9.15 Å². The fraction of sp³-hybridized carbons (Fsp3) is 0.242. The number of nitrogens with one attached hydrogen (secondary N) is 1. The lowest BCUT2D eigenvalue weighted by Gasteiger charge is -2.18. The van der Waals surface area contributed by atoms with Gasteiger partial charge in [-0.15, -0.1) is 0 Å². The quantitative estimate of drug-likeness (QED) is 0.127. The summed E-state index contributed by atoms with van der Waals surface area (Å²) in [7, 11) is 0. The van der Waals surface area contributed by atoms with Gasteiger partial charge < -0.3 is 19.6 Å². The van der Waals surface area contributed by atoms with Gasteiger partial charge in [0.05, 0.1) is 17.9 Å². The third kappa shape index (κ3) is 8.57. The zero-order chi connectivity index (χ0) is 31.0. The van der Waals surface area contributed by atoms with E-state index in [0.29, 0.717) is 46.9 Å². The van der Waals surface area contributed by atoms with E-state index >= 15 is 0 Å². The van der Waals surface area contributed by atoms with Gasteiger partial charge in [-0.1, -0.05) is 49.4 Å². The maximum Gasteiger partial charge on any atom is 0.416 e. The number of ether oxygens (including phenoxy) is 1. The highest BCUT2D eigenvalue weighted by molar-refractivity contribution is 6.04. The Hall–Kier alpha value is -4.86. The molecule has 0 aliphatic rings. The molecular weight excluding hydrogens is 561 g/mol. The summed E-state index contributed by atoms with van der Waals surface area (Å²) >= 11 is 0.